The SMILES string of the molecule is CC(C)C1C(=O)N=C2c3ccccc3N=C(SCC(=O)N3CCN(c4ccc(F)cc4)CC3)N21. The van der Waals surface area contributed by atoms with Gasteiger partial charge in [0.25, 0.3) is 5.91 Å². The lowest BCUT2D eigenvalue weighted by Gasteiger charge is -2.36. The molecule has 0 N–H and O–H groups in total. The standard InChI is InChI=1S/C25H26FN5O2S/c1-16(2)22-24(33)28-23-19-5-3-4-6-20(19)27-25(31(22)23)34-15-21(32)30-13-11-29(12-14-30)18-9-7-17(26)8-10-18/h3-10,16,22H,11-15H2,1-2H3. The lowest BCUT2D eigenvalue weighted by Crippen LogP contribution is -2.50. The third-order valence-electron chi connectivity index (χ3n) is 6.32. The number of rotatable bonds is 4. The molecule has 1 atom stereocenters. The summed E-state index contributed by atoms with van der Waals surface area (Å²) in [6, 6.07) is 13.7. The molecule has 2 aromatic rings. The fourth-order valence-electron chi connectivity index (χ4n) is 4.55. The maximum Gasteiger partial charge on any atom is 0.271 e. The number of anilines is 1. The van der Waals surface area contributed by atoms with Gasteiger partial charge in [0.15, 0.2) is 5.17 Å². The topological polar surface area (TPSA) is 68.6 Å². The van der Waals surface area contributed by atoms with E-state index in [-0.39, 0.29) is 29.3 Å². The number of halogens is 1. The van der Waals surface area contributed by atoms with Crippen LogP contribution in [0.4, 0.5) is 15.8 Å². The molecule has 1 saturated heterocycles. The number of hydrogen-bond donors (Lipinski definition) is 0. The van der Waals surface area contributed by atoms with Gasteiger partial charge in [0.05, 0.1) is 11.4 Å². The average molecular weight is 480 g/mol. The summed E-state index contributed by atoms with van der Waals surface area (Å²) in [7, 11) is 0. The van der Waals surface area contributed by atoms with Gasteiger partial charge in [-0.15, -0.1) is 0 Å². The van der Waals surface area contributed by atoms with Crippen molar-refractivity contribution in [2.75, 3.05) is 36.8 Å². The van der Waals surface area contributed by atoms with Gasteiger partial charge in [-0.3, -0.25) is 14.5 Å². The van der Waals surface area contributed by atoms with Gasteiger partial charge in [0, 0.05) is 37.4 Å². The number of amides is 2. The van der Waals surface area contributed by atoms with Crippen LogP contribution >= 0.6 is 11.8 Å². The second-order valence-electron chi connectivity index (χ2n) is 8.88. The fourth-order valence-corrected chi connectivity index (χ4v) is 5.49. The maximum atomic E-state index is 13.2. The molecule has 1 unspecified atom stereocenters. The van der Waals surface area contributed by atoms with E-state index in [1.165, 1.54) is 23.9 Å². The molecule has 0 spiro atoms. The zero-order chi connectivity index (χ0) is 23.8. The molecule has 0 radical (unpaired) electrons. The summed E-state index contributed by atoms with van der Waals surface area (Å²) in [5.41, 5.74) is 2.56. The van der Waals surface area contributed by atoms with E-state index in [9.17, 15) is 14.0 Å². The van der Waals surface area contributed by atoms with Crippen LogP contribution in [0.15, 0.2) is 58.5 Å². The van der Waals surface area contributed by atoms with Crippen molar-refractivity contribution >= 4 is 46.0 Å². The zero-order valence-corrected chi connectivity index (χ0v) is 20.0. The second-order valence-corrected chi connectivity index (χ2v) is 9.82. The molecule has 1 fully saturated rings. The minimum atomic E-state index is -0.413. The number of nitrogens with zero attached hydrogens (tertiary/aromatic N) is 5. The van der Waals surface area contributed by atoms with E-state index < -0.39 is 6.04 Å². The van der Waals surface area contributed by atoms with Crippen LogP contribution in [-0.2, 0) is 9.59 Å². The summed E-state index contributed by atoms with van der Waals surface area (Å²) in [5.74, 6) is 0.529. The number of carbonyl (C=O) groups excluding carboxylic acids is 2. The largest absolute Gasteiger partial charge is 0.368 e. The van der Waals surface area contributed by atoms with Gasteiger partial charge in [0.1, 0.15) is 17.7 Å². The van der Waals surface area contributed by atoms with Crippen molar-refractivity contribution in [3.8, 4) is 0 Å². The van der Waals surface area contributed by atoms with E-state index in [0.717, 1.165) is 16.9 Å². The van der Waals surface area contributed by atoms with Crippen molar-refractivity contribution in [1.29, 1.82) is 0 Å². The normalized spacial score (nSPS) is 19.7. The smallest absolute Gasteiger partial charge is 0.271 e. The van der Waals surface area contributed by atoms with Crippen LogP contribution in [0.25, 0.3) is 0 Å². The van der Waals surface area contributed by atoms with Gasteiger partial charge >= 0.3 is 0 Å². The number of amidine groups is 2. The van der Waals surface area contributed by atoms with Crippen molar-refractivity contribution in [2.24, 2.45) is 15.9 Å². The van der Waals surface area contributed by atoms with Gasteiger partial charge in [-0.05, 0) is 42.3 Å². The first-order valence-electron chi connectivity index (χ1n) is 11.4. The molecule has 0 bridgehead atoms. The minimum absolute atomic E-state index is 0.0374. The van der Waals surface area contributed by atoms with Crippen LogP contribution in [0.2, 0.25) is 0 Å². The van der Waals surface area contributed by atoms with Crippen LogP contribution in [0.5, 0.6) is 0 Å². The number of thioether (sulfide) groups is 1. The van der Waals surface area contributed by atoms with Crippen LogP contribution in [0, 0.1) is 11.7 Å². The summed E-state index contributed by atoms with van der Waals surface area (Å²) in [5, 5.41) is 0.639. The van der Waals surface area contributed by atoms with E-state index >= 15 is 0 Å². The highest BCUT2D eigenvalue weighted by molar-refractivity contribution is 8.14. The second kappa shape index (κ2) is 9.21. The van der Waals surface area contributed by atoms with Crippen molar-refractivity contribution in [2.45, 2.75) is 19.9 Å². The van der Waals surface area contributed by atoms with E-state index in [4.69, 9.17) is 4.99 Å². The van der Waals surface area contributed by atoms with Crippen molar-refractivity contribution in [1.82, 2.24) is 9.80 Å². The Kier molecular flexibility index (Phi) is 6.12. The van der Waals surface area contributed by atoms with Gasteiger partial charge in [0.2, 0.25) is 5.91 Å². The molecule has 0 aliphatic carbocycles. The predicted octanol–water partition coefficient (Wildman–Crippen LogP) is 3.52. The Bertz CT molecular complexity index is 1170. The third kappa shape index (κ3) is 4.20. The minimum Gasteiger partial charge on any atom is -0.368 e. The number of fused-ring (bicyclic) bond motifs is 3. The van der Waals surface area contributed by atoms with Gasteiger partial charge in [-0.1, -0.05) is 37.7 Å². The number of aliphatic imine (C=N–C) groups is 2. The van der Waals surface area contributed by atoms with Gasteiger partial charge in [-0.25, -0.2) is 9.38 Å². The monoisotopic (exact) mass is 479 g/mol. The Labute approximate surface area is 202 Å². The summed E-state index contributed by atoms with van der Waals surface area (Å²) < 4.78 is 13.2. The summed E-state index contributed by atoms with van der Waals surface area (Å²) in [6.07, 6.45) is 0. The van der Waals surface area contributed by atoms with E-state index in [1.807, 2.05) is 47.9 Å². The van der Waals surface area contributed by atoms with Crippen LogP contribution in [-0.4, -0.2) is 70.6 Å². The molecule has 0 aromatic heterocycles. The van der Waals surface area contributed by atoms with Crippen LogP contribution < -0.4 is 4.90 Å². The zero-order valence-electron chi connectivity index (χ0n) is 19.1. The first kappa shape index (κ1) is 22.6. The lowest BCUT2D eigenvalue weighted by molar-refractivity contribution is -0.128. The number of carbonyl (C=O) groups is 2. The average Bonchev–Trinajstić information content (AvgIpc) is 3.20. The molecule has 5 rings (SSSR count). The highest BCUT2D eigenvalue weighted by atomic mass is 32.2. The molecule has 0 saturated carbocycles. The highest BCUT2D eigenvalue weighted by Crippen LogP contribution is 2.36. The summed E-state index contributed by atoms with van der Waals surface area (Å²) in [6.45, 7) is 6.60. The van der Waals surface area contributed by atoms with E-state index in [0.29, 0.717) is 37.2 Å². The molecule has 3 aliphatic rings. The van der Waals surface area contributed by atoms with Crippen molar-refractivity contribution in [3.63, 3.8) is 0 Å². The Balaban J connectivity index is 1.26. The van der Waals surface area contributed by atoms with E-state index in [1.54, 1.807) is 12.1 Å². The summed E-state index contributed by atoms with van der Waals surface area (Å²) in [4.78, 5) is 40.8. The Morgan fingerprint density at radius 2 is 1.76 bits per heavy atom. The summed E-state index contributed by atoms with van der Waals surface area (Å²) >= 11 is 1.36. The number of hydrogen-bond acceptors (Lipinski definition) is 6. The Morgan fingerprint density at radius 1 is 1.06 bits per heavy atom. The number of piperazine rings is 1. The Hall–Kier alpha value is -3.20. The molecule has 3 aliphatic heterocycles. The third-order valence-corrected chi connectivity index (χ3v) is 7.26. The maximum absolute atomic E-state index is 13.2. The van der Waals surface area contributed by atoms with Gasteiger partial charge in [-0.2, -0.15) is 4.99 Å². The van der Waals surface area contributed by atoms with Gasteiger partial charge < -0.3 is 9.80 Å². The molecule has 9 heteroatoms. The molecule has 2 amide bonds. The number of para-hydroxylation sites is 1. The molecule has 3 heterocycles. The number of benzene rings is 2. The molecule has 7 nitrogen and oxygen atoms in total. The first-order valence-corrected chi connectivity index (χ1v) is 12.4. The van der Waals surface area contributed by atoms with Crippen LogP contribution in [0.1, 0.15) is 19.4 Å². The van der Waals surface area contributed by atoms with E-state index in [2.05, 4.69) is 9.89 Å². The lowest BCUT2D eigenvalue weighted by atomic mass is 10.0. The van der Waals surface area contributed by atoms with Crippen LogP contribution in [0.3, 0.4) is 0 Å². The van der Waals surface area contributed by atoms with Crippen molar-refractivity contribution in [3.05, 3.63) is 59.9 Å². The Morgan fingerprint density at radius 3 is 2.47 bits per heavy atom. The fraction of sp³-hybridized carbons (Fsp3) is 0.360. The first-order chi connectivity index (χ1) is 16.4. The molecule has 34 heavy (non-hydrogen) atoms. The molecular formula is C25H26FN5O2S. The highest BCUT2D eigenvalue weighted by Gasteiger charge is 2.43. The molecule has 2 aromatic carbocycles. The molecular weight excluding hydrogens is 453 g/mol. The molecule has 176 valence electrons. The quantitative estimate of drug-likeness (QED) is 0.671. The predicted molar refractivity (Wildman–Crippen MR) is 133 cm³/mol. The van der Waals surface area contributed by atoms with Crippen molar-refractivity contribution < 1.29 is 14.0 Å².